The number of hydrogen-bond donors (Lipinski definition) is 1. The Kier molecular flexibility index (Phi) is 3.67. The molecule has 0 aliphatic carbocycles. The largest absolute Gasteiger partial charge is 0.497 e. The van der Waals surface area contributed by atoms with Crippen LogP contribution in [0.4, 0.5) is 0 Å². The van der Waals surface area contributed by atoms with Crippen molar-refractivity contribution in [2.75, 3.05) is 7.11 Å². The van der Waals surface area contributed by atoms with Crippen LogP contribution in [0.1, 0.15) is 19.4 Å². The van der Waals surface area contributed by atoms with E-state index >= 15 is 0 Å². The molecule has 1 heterocycles. The quantitative estimate of drug-likeness (QED) is 0.888. The number of benzene rings is 1. The minimum Gasteiger partial charge on any atom is -0.497 e. The summed E-state index contributed by atoms with van der Waals surface area (Å²) >= 11 is 0. The molecule has 96 valence electrons. The van der Waals surface area contributed by atoms with Crippen molar-refractivity contribution < 1.29 is 9.84 Å². The van der Waals surface area contributed by atoms with Gasteiger partial charge in [-0.2, -0.15) is 0 Å². The molecule has 1 atom stereocenters. The lowest BCUT2D eigenvalue weighted by atomic mass is 10.2. The molecule has 1 aromatic rings. The second kappa shape index (κ2) is 5.23. The maximum atomic E-state index is 9.94. The van der Waals surface area contributed by atoms with E-state index in [1.165, 1.54) is 0 Å². The number of aliphatic hydroxyl groups excluding tert-OH is 1. The van der Waals surface area contributed by atoms with Gasteiger partial charge in [0.15, 0.2) is 0 Å². The smallest absolute Gasteiger partial charge is 0.225 e. The zero-order valence-corrected chi connectivity index (χ0v) is 10.9. The standard InChI is InChI=1S/C14H18N2O2/c1-10-8-11(2)16(14(17)15-10)9-12-4-6-13(18-3)7-5-12/h4-8,14,17H,9H2,1-3H3. The summed E-state index contributed by atoms with van der Waals surface area (Å²) in [6.07, 6.45) is 1.17. The van der Waals surface area contributed by atoms with Crippen LogP contribution in [0.2, 0.25) is 0 Å². The van der Waals surface area contributed by atoms with Gasteiger partial charge in [0, 0.05) is 18.0 Å². The predicted molar refractivity (Wildman–Crippen MR) is 71.4 cm³/mol. The number of hydrogen-bond acceptors (Lipinski definition) is 4. The van der Waals surface area contributed by atoms with Crippen molar-refractivity contribution in [2.24, 2.45) is 4.99 Å². The van der Waals surface area contributed by atoms with Crippen molar-refractivity contribution in [3.8, 4) is 5.75 Å². The summed E-state index contributed by atoms with van der Waals surface area (Å²) in [4.78, 5) is 6.00. The monoisotopic (exact) mass is 246 g/mol. The van der Waals surface area contributed by atoms with E-state index in [0.717, 1.165) is 22.7 Å². The molecule has 1 unspecified atom stereocenters. The summed E-state index contributed by atoms with van der Waals surface area (Å²) in [5.41, 5.74) is 2.98. The van der Waals surface area contributed by atoms with Gasteiger partial charge in [0.25, 0.3) is 0 Å². The molecule has 2 rings (SSSR count). The maximum absolute atomic E-state index is 9.94. The highest BCUT2D eigenvalue weighted by Crippen LogP contribution is 2.19. The van der Waals surface area contributed by atoms with E-state index in [0.29, 0.717) is 6.54 Å². The lowest BCUT2D eigenvalue weighted by Gasteiger charge is -2.31. The van der Waals surface area contributed by atoms with Gasteiger partial charge in [0.2, 0.25) is 6.35 Å². The Labute approximate surface area is 107 Å². The molecule has 0 saturated heterocycles. The van der Waals surface area contributed by atoms with Gasteiger partial charge in [0.05, 0.1) is 7.11 Å². The number of aliphatic hydroxyl groups is 1. The molecule has 0 aromatic heterocycles. The Morgan fingerprint density at radius 3 is 2.50 bits per heavy atom. The molecule has 0 saturated carbocycles. The molecule has 0 spiro atoms. The zero-order valence-electron chi connectivity index (χ0n) is 10.9. The molecule has 1 aliphatic rings. The van der Waals surface area contributed by atoms with Crippen molar-refractivity contribution in [1.82, 2.24) is 4.90 Å². The highest BCUT2D eigenvalue weighted by molar-refractivity contribution is 5.93. The van der Waals surface area contributed by atoms with E-state index in [1.807, 2.05) is 49.1 Å². The Morgan fingerprint density at radius 2 is 1.94 bits per heavy atom. The second-order valence-electron chi connectivity index (χ2n) is 4.38. The topological polar surface area (TPSA) is 45.1 Å². The third kappa shape index (κ3) is 2.71. The lowest BCUT2D eigenvalue weighted by Crippen LogP contribution is -2.35. The molecule has 18 heavy (non-hydrogen) atoms. The molecular weight excluding hydrogens is 228 g/mol. The average molecular weight is 246 g/mol. The van der Waals surface area contributed by atoms with Crippen molar-refractivity contribution in [3.05, 3.63) is 41.6 Å². The first-order valence-electron chi connectivity index (χ1n) is 5.90. The van der Waals surface area contributed by atoms with Crippen molar-refractivity contribution in [2.45, 2.75) is 26.7 Å². The van der Waals surface area contributed by atoms with Gasteiger partial charge in [-0.25, -0.2) is 4.99 Å². The van der Waals surface area contributed by atoms with Gasteiger partial charge in [-0.05, 0) is 37.6 Å². The fourth-order valence-electron chi connectivity index (χ4n) is 1.99. The van der Waals surface area contributed by atoms with E-state index < -0.39 is 6.35 Å². The third-order valence-corrected chi connectivity index (χ3v) is 2.98. The van der Waals surface area contributed by atoms with E-state index in [9.17, 15) is 5.11 Å². The van der Waals surface area contributed by atoms with Crippen molar-refractivity contribution in [3.63, 3.8) is 0 Å². The molecular formula is C14H18N2O2. The Hall–Kier alpha value is -1.81. The van der Waals surface area contributed by atoms with E-state index in [2.05, 4.69) is 4.99 Å². The molecule has 0 fully saturated rings. The predicted octanol–water partition coefficient (Wildman–Crippen LogP) is 2.15. The van der Waals surface area contributed by atoms with Crippen molar-refractivity contribution >= 4 is 5.71 Å². The SMILES string of the molecule is COc1ccc(CN2C(C)=CC(C)=NC2O)cc1. The number of allylic oxidation sites excluding steroid dienone is 2. The molecule has 1 aliphatic heterocycles. The first-order valence-corrected chi connectivity index (χ1v) is 5.90. The lowest BCUT2D eigenvalue weighted by molar-refractivity contribution is 0.0288. The number of methoxy groups -OCH3 is 1. The zero-order chi connectivity index (χ0) is 13.1. The summed E-state index contributed by atoms with van der Waals surface area (Å²) in [5, 5.41) is 9.94. The van der Waals surface area contributed by atoms with Gasteiger partial charge in [-0.15, -0.1) is 0 Å². The Balaban J connectivity index is 2.11. The third-order valence-electron chi connectivity index (χ3n) is 2.98. The van der Waals surface area contributed by atoms with Gasteiger partial charge in [0.1, 0.15) is 5.75 Å². The van der Waals surface area contributed by atoms with Gasteiger partial charge in [-0.3, -0.25) is 0 Å². The average Bonchev–Trinajstić information content (AvgIpc) is 2.34. The molecule has 1 N–H and O–H groups in total. The van der Waals surface area contributed by atoms with Crippen LogP contribution < -0.4 is 4.74 Å². The van der Waals surface area contributed by atoms with Crippen LogP contribution >= 0.6 is 0 Å². The molecule has 4 nitrogen and oxygen atoms in total. The first kappa shape index (κ1) is 12.6. The van der Waals surface area contributed by atoms with E-state index in [-0.39, 0.29) is 0 Å². The van der Waals surface area contributed by atoms with Crippen molar-refractivity contribution in [1.29, 1.82) is 0 Å². The summed E-state index contributed by atoms with van der Waals surface area (Å²) in [6.45, 7) is 4.49. The molecule has 0 radical (unpaired) electrons. The van der Waals surface area contributed by atoms with Crippen LogP contribution in [0.5, 0.6) is 5.75 Å². The van der Waals surface area contributed by atoms with Crippen LogP contribution in [0, 0.1) is 0 Å². The molecule has 1 aromatic carbocycles. The van der Waals surface area contributed by atoms with Crippen LogP contribution in [0.3, 0.4) is 0 Å². The summed E-state index contributed by atoms with van der Waals surface area (Å²) in [5.74, 6) is 0.832. The van der Waals surface area contributed by atoms with Crippen LogP contribution in [-0.2, 0) is 6.54 Å². The van der Waals surface area contributed by atoms with Gasteiger partial charge >= 0.3 is 0 Å². The van der Waals surface area contributed by atoms with Gasteiger partial charge < -0.3 is 14.7 Å². The molecule has 0 bridgehead atoms. The highest BCUT2D eigenvalue weighted by atomic mass is 16.5. The van der Waals surface area contributed by atoms with Crippen LogP contribution in [0.25, 0.3) is 0 Å². The minimum absolute atomic E-state index is 0.629. The second-order valence-corrected chi connectivity index (χ2v) is 4.38. The Bertz CT molecular complexity index is 477. The number of ether oxygens (including phenoxy) is 1. The van der Waals surface area contributed by atoms with Crippen LogP contribution in [0.15, 0.2) is 41.0 Å². The number of aliphatic imine (C=N–C) groups is 1. The maximum Gasteiger partial charge on any atom is 0.225 e. The first-order chi connectivity index (χ1) is 8.60. The number of rotatable bonds is 3. The van der Waals surface area contributed by atoms with Gasteiger partial charge in [-0.1, -0.05) is 12.1 Å². The number of nitrogens with zero attached hydrogens (tertiary/aromatic N) is 2. The summed E-state index contributed by atoms with van der Waals surface area (Å²) < 4.78 is 5.12. The fraction of sp³-hybridized carbons (Fsp3) is 0.357. The minimum atomic E-state index is -0.794. The van der Waals surface area contributed by atoms with Crippen LogP contribution in [-0.4, -0.2) is 29.2 Å². The Morgan fingerprint density at radius 1 is 1.28 bits per heavy atom. The fourth-order valence-corrected chi connectivity index (χ4v) is 1.99. The highest BCUT2D eigenvalue weighted by Gasteiger charge is 2.19. The van der Waals surface area contributed by atoms with E-state index in [4.69, 9.17) is 4.74 Å². The summed E-state index contributed by atoms with van der Waals surface area (Å²) in [7, 11) is 1.65. The molecule has 0 amide bonds. The van der Waals surface area contributed by atoms with E-state index in [1.54, 1.807) is 7.11 Å². The summed E-state index contributed by atoms with van der Waals surface area (Å²) in [6, 6.07) is 7.81. The normalized spacial score (nSPS) is 19.3. The molecule has 4 heteroatoms.